The summed E-state index contributed by atoms with van der Waals surface area (Å²) in [6, 6.07) is 0. The monoisotopic (exact) mass is 1840 g/mol. The van der Waals surface area contributed by atoms with Crippen LogP contribution in [0.2, 0.25) is 0 Å². The quantitative estimate of drug-likeness (QED) is 0.0269. The lowest BCUT2D eigenvalue weighted by molar-refractivity contribution is 0.105. The molecule has 0 unspecified atom stereocenters. The molecule has 0 amide bonds. The summed E-state index contributed by atoms with van der Waals surface area (Å²) >= 11 is 0. The van der Waals surface area contributed by atoms with Crippen molar-refractivity contribution in [2.75, 3.05) is 468 Å². The average Bonchev–Trinajstić information content (AvgIpc) is 0.905. The number of aliphatic hydroxyl groups is 17. The van der Waals surface area contributed by atoms with Crippen LogP contribution in [0, 0.1) is 0 Å². The lowest BCUT2D eigenvalue weighted by Crippen LogP contribution is -2.49. The number of hydrogen-bond acceptors (Lipinski definition) is 37. The zero-order valence-electron chi connectivity index (χ0n) is 77.1. The van der Waals surface area contributed by atoms with Crippen LogP contribution in [-0.2, 0) is 0 Å². The van der Waals surface area contributed by atoms with Gasteiger partial charge in [-0.1, -0.05) is 37.1 Å². The number of hydrogen-bond donors (Lipinski definition) is 20. The number of nitrogens with two attached hydrogens (primary N) is 3. The first-order chi connectivity index (χ1) is 55.1. The van der Waals surface area contributed by atoms with Gasteiger partial charge in [-0.25, -0.2) is 0 Å². The van der Waals surface area contributed by atoms with E-state index in [1.807, 2.05) is 35.2 Å². The predicted molar refractivity (Wildman–Crippen MR) is 518 cm³/mol. The summed E-state index contributed by atoms with van der Waals surface area (Å²) in [4.78, 5) is 39.1. The molecule has 42 heteroatoms. The molecule has 0 aromatic carbocycles. The van der Waals surface area contributed by atoms with E-state index in [1.165, 1.54) is 0 Å². The molecule has 0 aliphatic carbocycles. The van der Waals surface area contributed by atoms with Gasteiger partial charge in [0.1, 0.15) is 0 Å². The molecule has 0 aromatic heterocycles. The van der Waals surface area contributed by atoms with Gasteiger partial charge >= 0.3 is 0 Å². The third-order valence-electron chi connectivity index (χ3n) is 18.3. The molecule has 0 aromatic rings. The highest BCUT2D eigenvalue weighted by molar-refractivity contribution is 4.78. The van der Waals surface area contributed by atoms with Gasteiger partial charge in [0, 0.05) is 360 Å². The topological polar surface area (TPSA) is 635 Å². The fourth-order valence-corrected chi connectivity index (χ4v) is 11.5. The van der Waals surface area contributed by atoms with E-state index in [0.29, 0.717) is 118 Å². The summed E-state index contributed by atoms with van der Waals surface area (Å²) in [5.74, 6) is 0. The standard InChI is InChI=1S/C65H152N20O11.6C2H6O.5CH4.5H2O/c1-69(44-55-86)12-17-74(9-6-66)22-27-79(33-38-83(52-63-94)36-25-76(11-8-68)49-60-91)34-39-84(53-64-95)40-35-80(31-37-81(50-61-92)20-15-72(4)47-58-89)30-29-78(32-41-85(54-65-96)43-42-82(51-62-93)21-16-73(5)48-59-90)28-24-75(10-7-67)23-26-77(18-13-70(2)45-56-87)19-14-71(3)46-57-88;6*1-2-3;;;;;;;;;;/h86-96H,6-68H2,1-5H3;6*3H,2H2,1H3;5*1H4;5*1H2. The summed E-state index contributed by atoms with van der Waals surface area (Å²) in [5.41, 5.74) is 18.5. The van der Waals surface area contributed by atoms with Crippen molar-refractivity contribution in [3.05, 3.63) is 0 Å². The molecule has 0 radical (unpaired) electrons. The molecule has 0 heterocycles. The smallest absolute Gasteiger partial charge is 0.0558 e. The molecule has 778 valence electrons. The Balaban J connectivity index is -0.000000249. The Morgan fingerprint density at radius 3 is 0.298 bits per heavy atom. The maximum atomic E-state index is 10.7. The molecule has 33 N–H and O–H groups in total. The first-order valence-electron chi connectivity index (χ1n) is 42.6. The van der Waals surface area contributed by atoms with Crippen LogP contribution in [0.3, 0.4) is 0 Å². The molecule has 0 bridgehead atoms. The van der Waals surface area contributed by atoms with E-state index in [9.17, 15) is 56.2 Å². The van der Waals surface area contributed by atoms with Crippen molar-refractivity contribution in [2.24, 2.45) is 17.2 Å². The second-order valence-electron chi connectivity index (χ2n) is 27.8. The van der Waals surface area contributed by atoms with E-state index in [2.05, 4.69) is 83.3 Å². The second kappa shape index (κ2) is 132. The van der Waals surface area contributed by atoms with Gasteiger partial charge in [-0.3, -0.25) is 58.8 Å². The minimum atomic E-state index is 0. The molecule has 0 rings (SSSR count). The van der Waals surface area contributed by atoms with Crippen LogP contribution in [0.5, 0.6) is 0 Å². The lowest BCUT2D eigenvalue weighted by Gasteiger charge is -2.35. The Hall–Kier alpha value is -1.68. The highest BCUT2D eigenvalue weighted by atomic mass is 16.3. The van der Waals surface area contributed by atoms with Crippen molar-refractivity contribution in [1.82, 2.24) is 83.3 Å². The molecular formula is C82H218N20O22. The van der Waals surface area contributed by atoms with Gasteiger partial charge in [0.15, 0.2) is 0 Å². The summed E-state index contributed by atoms with van der Waals surface area (Å²) in [5, 5.41) is 155. The van der Waals surface area contributed by atoms with Gasteiger partial charge in [-0.05, 0) is 76.8 Å². The molecular weight excluding hydrogens is 1620 g/mol. The van der Waals surface area contributed by atoms with Crippen LogP contribution in [-0.4, -0.2) is 666 Å². The third-order valence-corrected chi connectivity index (χ3v) is 18.3. The maximum Gasteiger partial charge on any atom is 0.0558 e. The summed E-state index contributed by atoms with van der Waals surface area (Å²) in [7, 11) is 10.1. The summed E-state index contributed by atoms with van der Waals surface area (Å²) in [6.07, 6.45) is 0. The SMILES string of the molecule is C.C.C.C.C.CCO.CCO.CCO.CCO.CCO.CCO.CN(CCO)CCN(CCN)CCN(CCN(CCO)CCN(CCN)CCO)CCN(CCO)CCN(CCN(CCO)CCN(C)CCO)CCN(CCN(CCN)CCN(CCN(C)CCO)CCN(C)CCO)CCN(CCO)CCN(CCO)CCN(C)CCO.O.O.O.O.O. The van der Waals surface area contributed by atoms with Crippen LogP contribution >= 0.6 is 0 Å². The number of likely N-dealkylation sites (N-methyl/N-ethyl adjacent to an activating group) is 5. The lowest BCUT2D eigenvalue weighted by atomic mass is 10.3. The normalized spacial score (nSPS) is 10.8. The van der Waals surface area contributed by atoms with Gasteiger partial charge in [0.2, 0.25) is 0 Å². The number of rotatable bonds is 76. The molecule has 0 fully saturated rings. The van der Waals surface area contributed by atoms with Crippen LogP contribution < -0.4 is 17.2 Å². The van der Waals surface area contributed by atoms with E-state index in [4.69, 9.17) is 47.8 Å². The highest BCUT2D eigenvalue weighted by Crippen LogP contribution is 2.06. The third kappa shape index (κ3) is 118. The first-order valence-corrected chi connectivity index (χ1v) is 42.6. The summed E-state index contributed by atoms with van der Waals surface area (Å²) < 4.78 is 0. The van der Waals surface area contributed by atoms with Crippen molar-refractivity contribution >= 4 is 0 Å². The highest BCUT2D eigenvalue weighted by Gasteiger charge is 2.21. The molecule has 0 aliphatic rings. The fourth-order valence-electron chi connectivity index (χ4n) is 11.5. The van der Waals surface area contributed by atoms with Crippen LogP contribution in [0.15, 0.2) is 0 Å². The van der Waals surface area contributed by atoms with E-state index in [0.717, 1.165) is 203 Å². The van der Waals surface area contributed by atoms with E-state index in [1.54, 1.807) is 41.5 Å². The second-order valence-corrected chi connectivity index (χ2v) is 27.8. The number of nitrogens with zero attached hydrogens (tertiary/aromatic N) is 17. The largest absolute Gasteiger partial charge is 0.412 e. The van der Waals surface area contributed by atoms with Gasteiger partial charge < -0.3 is 156 Å². The molecule has 0 saturated carbocycles. The van der Waals surface area contributed by atoms with Gasteiger partial charge in [0.25, 0.3) is 0 Å². The van der Waals surface area contributed by atoms with Crippen molar-refractivity contribution in [3.8, 4) is 0 Å². The van der Waals surface area contributed by atoms with Crippen molar-refractivity contribution < 1.29 is 114 Å². The Labute approximate surface area is 758 Å². The van der Waals surface area contributed by atoms with Gasteiger partial charge in [0.05, 0.1) is 72.7 Å². The van der Waals surface area contributed by atoms with E-state index >= 15 is 0 Å². The Bertz CT molecular complexity index is 1730. The van der Waals surface area contributed by atoms with Crippen molar-refractivity contribution in [3.63, 3.8) is 0 Å². The Morgan fingerprint density at radius 2 is 0.210 bits per heavy atom. The minimum absolute atomic E-state index is 0. The zero-order valence-corrected chi connectivity index (χ0v) is 77.1. The molecule has 0 aliphatic heterocycles. The Kier molecular flexibility index (Phi) is 173. The van der Waals surface area contributed by atoms with E-state index < -0.39 is 0 Å². The van der Waals surface area contributed by atoms with Crippen molar-refractivity contribution in [2.45, 2.75) is 78.7 Å². The fraction of sp³-hybridized carbons (Fsp3) is 1.00. The van der Waals surface area contributed by atoms with Gasteiger partial charge in [-0.15, -0.1) is 0 Å². The molecule has 124 heavy (non-hydrogen) atoms. The van der Waals surface area contributed by atoms with E-state index in [-0.39, 0.29) is 177 Å². The molecule has 0 spiro atoms. The zero-order chi connectivity index (χ0) is 87.5. The minimum Gasteiger partial charge on any atom is -0.412 e. The average molecular weight is 1840 g/mol. The first kappa shape index (κ1) is 162. The van der Waals surface area contributed by atoms with Crippen molar-refractivity contribution in [1.29, 1.82) is 0 Å². The van der Waals surface area contributed by atoms with Crippen LogP contribution in [0.4, 0.5) is 0 Å². The summed E-state index contributed by atoms with van der Waals surface area (Å²) in [6.45, 7) is 46.4. The molecule has 0 atom stereocenters. The molecule has 42 nitrogen and oxygen atoms in total. The van der Waals surface area contributed by atoms with Gasteiger partial charge in [-0.2, -0.15) is 0 Å². The Morgan fingerprint density at radius 1 is 0.137 bits per heavy atom. The number of aliphatic hydroxyl groups excluding tert-OH is 17. The maximum absolute atomic E-state index is 10.7. The van der Waals surface area contributed by atoms with Crippen LogP contribution in [0.1, 0.15) is 78.7 Å². The molecule has 0 saturated heterocycles. The van der Waals surface area contributed by atoms with Crippen LogP contribution in [0.25, 0.3) is 0 Å². The predicted octanol–water partition coefficient (Wildman–Crippen LogP) is -10.9.